The molecule has 6 unspecified atom stereocenters. The van der Waals surface area contributed by atoms with E-state index in [9.17, 15) is 14.7 Å². The molecule has 0 radical (unpaired) electrons. The van der Waals surface area contributed by atoms with E-state index in [4.69, 9.17) is 4.74 Å². The maximum Gasteiger partial charge on any atom is 0.233 e. The number of aliphatic hydroxyl groups is 1. The van der Waals surface area contributed by atoms with Crippen LogP contribution in [0, 0.1) is 23.7 Å². The molecular formula is C42H41NO6. The molecule has 6 atom stereocenters. The first kappa shape index (κ1) is 31.6. The largest absolute Gasteiger partial charge is 0.491 e. The van der Waals surface area contributed by atoms with Crippen molar-refractivity contribution in [2.24, 2.45) is 23.7 Å². The molecule has 3 aromatic carbocycles. The van der Waals surface area contributed by atoms with E-state index in [0.717, 1.165) is 48.8 Å². The Morgan fingerprint density at radius 3 is 2.22 bits per heavy atom. The van der Waals surface area contributed by atoms with Crippen molar-refractivity contribution in [2.45, 2.75) is 62.3 Å². The SMILES string of the molecule is O=C1C(c2ccccc2)=CC(=O)C2(c3ccccc3)C1CC1C(=CCC3C(=O)N(C4CCCCC4)C(=O)C31)C2c1ccccc1OCCO. The zero-order chi connectivity index (χ0) is 33.7. The number of rotatable bonds is 7. The standard InChI is InChI=1S/C42H41NO6/c44-22-23-49-35-19-11-10-18-30(35)38-29-20-21-31-37(41(48)43(40(31)47)28-16-8-3-9-17-28)33(29)24-34-39(46)32(26-12-4-1-5-13-26)25-36(45)42(34,38)27-14-6-2-7-15-27/h1-2,4-7,10-15,18-20,25,28,31,33-34,37-38,44H,3,8-9,16-17,21-24H2. The highest BCUT2D eigenvalue weighted by atomic mass is 16.5. The van der Waals surface area contributed by atoms with E-state index in [1.165, 1.54) is 6.08 Å². The molecule has 1 N–H and O–H groups in total. The summed E-state index contributed by atoms with van der Waals surface area (Å²) in [5.41, 5.74) is 2.14. The summed E-state index contributed by atoms with van der Waals surface area (Å²) in [4.78, 5) is 60.5. The Bertz CT molecular complexity index is 1860. The number of Topliss-reactive ketones (excluding diaryl/α,β-unsaturated/α-hetero) is 1. The van der Waals surface area contributed by atoms with Gasteiger partial charge in [-0.15, -0.1) is 0 Å². The number of imide groups is 1. The number of amides is 2. The molecule has 49 heavy (non-hydrogen) atoms. The second kappa shape index (κ2) is 12.7. The van der Waals surface area contributed by atoms with Crippen molar-refractivity contribution in [1.29, 1.82) is 0 Å². The fraction of sp³-hybridized carbons (Fsp3) is 0.381. The van der Waals surface area contributed by atoms with Gasteiger partial charge in [0.05, 0.1) is 23.9 Å². The highest BCUT2D eigenvalue weighted by Crippen LogP contribution is 2.64. The number of likely N-dealkylation sites (tertiary alicyclic amines) is 1. The molecule has 1 saturated heterocycles. The second-order valence-electron chi connectivity index (χ2n) is 14.2. The minimum absolute atomic E-state index is 0.0624. The third-order valence-corrected chi connectivity index (χ3v) is 11.9. The molecule has 1 heterocycles. The summed E-state index contributed by atoms with van der Waals surface area (Å²) >= 11 is 0. The number of aliphatic hydroxyl groups excluding tert-OH is 1. The van der Waals surface area contributed by atoms with Gasteiger partial charge in [-0.2, -0.15) is 0 Å². The fourth-order valence-electron chi connectivity index (χ4n) is 9.95. The van der Waals surface area contributed by atoms with E-state index in [-0.39, 0.29) is 49.1 Å². The lowest BCUT2D eigenvalue weighted by Crippen LogP contribution is -2.59. The number of benzene rings is 3. The molecule has 7 heteroatoms. The number of carbonyl (C=O) groups excluding carboxylic acids is 4. The van der Waals surface area contributed by atoms with Gasteiger partial charge in [-0.1, -0.05) is 110 Å². The van der Waals surface area contributed by atoms with Crippen LogP contribution < -0.4 is 4.74 Å². The zero-order valence-electron chi connectivity index (χ0n) is 27.5. The molecule has 0 aromatic heterocycles. The van der Waals surface area contributed by atoms with E-state index in [0.29, 0.717) is 23.3 Å². The predicted octanol–water partition coefficient (Wildman–Crippen LogP) is 6.21. The summed E-state index contributed by atoms with van der Waals surface area (Å²) < 4.78 is 6.14. The molecule has 4 aliphatic carbocycles. The number of hydrogen-bond donors (Lipinski definition) is 1. The van der Waals surface area contributed by atoms with Gasteiger partial charge in [0.15, 0.2) is 11.6 Å². The van der Waals surface area contributed by atoms with Gasteiger partial charge in [-0.25, -0.2) is 0 Å². The van der Waals surface area contributed by atoms with Crippen LogP contribution in [0.15, 0.2) is 103 Å². The number of ether oxygens (including phenoxy) is 1. The van der Waals surface area contributed by atoms with Gasteiger partial charge >= 0.3 is 0 Å². The van der Waals surface area contributed by atoms with E-state index in [1.54, 1.807) is 4.90 Å². The number of ketones is 2. The Morgan fingerprint density at radius 2 is 1.49 bits per heavy atom. The third-order valence-electron chi connectivity index (χ3n) is 11.9. The summed E-state index contributed by atoms with van der Waals surface area (Å²) in [6.45, 7) is -0.123. The molecule has 3 aromatic rings. The van der Waals surface area contributed by atoms with Crippen LogP contribution in [-0.2, 0) is 24.6 Å². The van der Waals surface area contributed by atoms with Crippen molar-refractivity contribution in [3.05, 3.63) is 119 Å². The second-order valence-corrected chi connectivity index (χ2v) is 14.2. The van der Waals surface area contributed by atoms with Gasteiger partial charge in [0.25, 0.3) is 0 Å². The van der Waals surface area contributed by atoms with Crippen LogP contribution >= 0.6 is 0 Å². The Labute approximate surface area is 286 Å². The molecule has 5 aliphatic rings. The molecular weight excluding hydrogens is 614 g/mol. The number of nitrogens with zero attached hydrogens (tertiary/aromatic N) is 1. The predicted molar refractivity (Wildman–Crippen MR) is 184 cm³/mol. The molecule has 0 spiro atoms. The summed E-state index contributed by atoms with van der Waals surface area (Å²) in [5, 5.41) is 9.72. The number of fused-ring (bicyclic) bond motifs is 4. The quantitative estimate of drug-likeness (QED) is 0.240. The van der Waals surface area contributed by atoms with E-state index in [1.807, 2.05) is 84.9 Å². The van der Waals surface area contributed by atoms with Gasteiger partial charge in [0, 0.05) is 29.0 Å². The summed E-state index contributed by atoms with van der Waals surface area (Å²) in [6.07, 6.45) is 9.11. The van der Waals surface area contributed by atoms with Gasteiger partial charge in [0.1, 0.15) is 12.4 Å². The van der Waals surface area contributed by atoms with Gasteiger partial charge in [0.2, 0.25) is 11.8 Å². The van der Waals surface area contributed by atoms with Crippen LogP contribution in [0.3, 0.4) is 0 Å². The molecule has 3 fully saturated rings. The zero-order valence-corrected chi connectivity index (χ0v) is 27.5. The molecule has 1 aliphatic heterocycles. The number of para-hydroxylation sites is 1. The van der Waals surface area contributed by atoms with Gasteiger partial charge in [-0.05, 0) is 54.9 Å². The first-order valence-corrected chi connectivity index (χ1v) is 17.8. The number of hydrogen-bond acceptors (Lipinski definition) is 6. The molecule has 2 amide bonds. The van der Waals surface area contributed by atoms with Gasteiger partial charge < -0.3 is 9.84 Å². The molecule has 250 valence electrons. The van der Waals surface area contributed by atoms with Crippen LogP contribution in [0.4, 0.5) is 0 Å². The van der Waals surface area contributed by atoms with Crippen molar-refractivity contribution >= 4 is 29.0 Å². The molecule has 2 saturated carbocycles. The van der Waals surface area contributed by atoms with Crippen molar-refractivity contribution in [3.8, 4) is 5.75 Å². The van der Waals surface area contributed by atoms with Crippen molar-refractivity contribution < 1.29 is 29.0 Å². The summed E-state index contributed by atoms with van der Waals surface area (Å²) in [7, 11) is 0. The van der Waals surface area contributed by atoms with Gasteiger partial charge in [-0.3, -0.25) is 24.1 Å². The van der Waals surface area contributed by atoms with E-state index in [2.05, 4.69) is 6.08 Å². The highest BCUT2D eigenvalue weighted by Gasteiger charge is 2.66. The average Bonchev–Trinajstić information content (AvgIpc) is 3.41. The first-order valence-electron chi connectivity index (χ1n) is 17.8. The lowest BCUT2D eigenvalue weighted by molar-refractivity contribution is -0.144. The maximum atomic E-state index is 15.2. The summed E-state index contributed by atoms with van der Waals surface area (Å²) in [5.74, 6) is -2.91. The Morgan fingerprint density at radius 1 is 0.796 bits per heavy atom. The third kappa shape index (κ3) is 4.88. The van der Waals surface area contributed by atoms with Crippen molar-refractivity contribution in [3.63, 3.8) is 0 Å². The number of allylic oxidation sites excluding steroid dienone is 4. The minimum atomic E-state index is -1.32. The Hall–Kier alpha value is -4.62. The van der Waals surface area contributed by atoms with Crippen LogP contribution in [0.1, 0.15) is 67.6 Å². The fourth-order valence-corrected chi connectivity index (χ4v) is 9.95. The topological polar surface area (TPSA) is 101 Å². The normalized spacial score (nSPS) is 29.9. The van der Waals surface area contributed by atoms with Crippen LogP contribution in [0.25, 0.3) is 5.57 Å². The van der Waals surface area contributed by atoms with E-state index < -0.39 is 35.0 Å². The lowest BCUT2D eigenvalue weighted by Gasteiger charge is -2.55. The molecule has 8 rings (SSSR count). The van der Waals surface area contributed by atoms with Crippen LogP contribution in [-0.4, -0.2) is 52.6 Å². The van der Waals surface area contributed by atoms with E-state index >= 15 is 9.59 Å². The molecule has 0 bridgehead atoms. The molecule has 7 nitrogen and oxygen atoms in total. The smallest absolute Gasteiger partial charge is 0.233 e. The minimum Gasteiger partial charge on any atom is -0.491 e. The lowest BCUT2D eigenvalue weighted by atomic mass is 9.44. The average molecular weight is 656 g/mol. The Kier molecular flexibility index (Phi) is 8.19. The number of carbonyl (C=O) groups is 4. The Balaban J connectivity index is 1.35. The highest BCUT2D eigenvalue weighted by molar-refractivity contribution is 6.31. The summed E-state index contributed by atoms with van der Waals surface area (Å²) in [6, 6.07) is 26.4. The maximum absolute atomic E-state index is 15.2. The van der Waals surface area contributed by atoms with Crippen molar-refractivity contribution in [2.75, 3.05) is 13.2 Å². The van der Waals surface area contributed by atoms with Crippen LogP contribution in [0.2, 0.25) is 0 Å². The monoisotopic (exact) mass is 655 g/mol. The van der Waals surface area contributed by atoms with Crippen molar-refractivity contribution in [1.82, 2.24) is 4.90 Å². The van der Waals surface area contributed by atoms with Crippen LogP contribution in [0.5, 0.6) is 5.75 Å². The first-order chi connectivity index (χ1) is 24.0.